The molecule has 1 aromatic heterocycles. The summed E-state index contributed by atoms with van der Waals surface area (Å²) in [5, 5.41) is 3.48. The quantitative estimate of drug-likeness (QED) is 0.178. The summed E-state index contributed by atoms with van der Waals surface area (Å²) in [7, 11) is 0. The molecular formula is C45H30N2. The van der Waals surface area contributed by atoms with Crippen LogP contribution >= 0.6 is 0 Å². The van der Waals surface area contributed by atoms with E-state index < -0.39 is 36.3 Å². The summed E-state index contributed by atoms with van der Waals surface area (Å²) >= 11 is 0. The Morgan fingerprint density at radius 3 is 1.53 bits per heavy atom. The number of para-hydroxylation sites is 3. The highest BCUT2D eigenvalue weighted by molar-refractivity contribution is 6.23. The van der Waals surface area contributed by atoms with Crippen molar-refractivity contribution < 1.29 is 13.7 Å². The first-order chi connectivity index (χ1) is 27.5. The summed E-state index contributed by atoms with van der Waals surface area (Å²) < 4.78 is 87.7. The van der Waals surface area contributed by atoms with Crippen LogP contribution in [0.2, 0.25) is 0 Å². The van der Waals surface area contributed by atoms with Gasteiger partial charge >= 0.3 is 0 Å². The zero-order valence-electron chi connectivity index (χ0n) is 34.9. The molecule has 0 bridgehead atoms. The largest absolute Gasteiger partial charge is 0.292 e. The Balaban J connectivity index is 1.39. The number of hydrogen-bond donors (Lipinski definition) is 0. The van der Waals surface area contributed by atoms with E-state index in [9.17, 15) is 0 Å². The molecule has 9 aromatic rings. The molecule has 0 fully saturated rings. The van der Waals surface area contributed by atoms with Crippen LogP contribution in [-0.4, -0.2) is 9.55 Å². The molecule has 9 rings (SSSR count). The van der Waals surface area contributed by atoms with Crippen molar-refractivity contribution >= 4 is 32.6 Å². The van der Waals surface area contributed by atoms with E-state index in [0.29, 0.717) is 27.8 Å². The van der Waals surface area contributed by atoms with E-state index in [1.54, 1.807) is 12.1 Å². The predicted molar refractivity (Wildman–Crippen MR) is 198 cm³/mol. The normalized spacial score (nSPS) is 14.4. The van der Waals surface area contributed by atoms with Gasteiger partial charge < -0.3 is 0 Å². The van der Waals surface area contributed by atoms with E-state index in [4.69, 9.17) is 18.7 Å². The molecular weight excluding hydrogens is 569 g/mol. The molecule has 0 aliphatic carbocycles. The molecule has 0 aliphatic rings. The average Bonchev–Trinajstić information content (AvgIpc) is 3.62. The van der Waals surface area contributed by atoms with Crippen LogP contribution in [0.1, 0.15) is 13.7 Å². The first-order valence-corrected chi connectivity index (χ1v) is 15.3. The zero-order valence-corrected chi connectivity index (χ0v) is 24.9. The highest BCUT2D eigenvalue weighted by atomic mass is 15.1. The molecule has 0 atom stereocenters. The van der Waals surface area contributed by atoms with E-state index in [1.165, 1.54) is 0 Å². The zero-order chi connectivity index (χ0) is 39.9. The Hall–Kier alpha value is -6.25. The van der Waals surface area contributed by atoms with E-state index in [1.807, 2.05) is 114 Å². The molecule has 0 spiro atoms. The predicted octanol–water partition coefficient (Wildman–Crippen LogP) is 12.0. The van der Waals surface area contributed by atoms with Gasteiger partial charge in [0.25, 0.3) is 0 Å². The second-order valence-electron chi connectivity index (χ2n) is 11.2. The van der Waals surface area contributed by atoms with Crippen LogP contribution in [-0.2, 0) is 0 Å². The second kappa shape index (κ2) is 11.3. The topological polar surface area (TPSA) is 17.8 Å². The molecule has 0 radical (unpaired) electrons. The Morgan fingerprint density at radius 1 is 0.426 bits per heavy atom. The maximum Gasteiger partial charge on any atom is 0.145 e. The summed E-state index contributed by atoms with van der Waals surface area (Å²) in [5.41, 5.74) is 5.77. The van der Waals surface area contributed by atoms with Crippen molar-refractivity contribution in [1.82, 2.24) is 9.55 Å². The summed E-state index contributed by atoms with van der Waals surface area (Å²) in [5.74, 6) is 0.207. The first kappa shape index (κ1) is 18.7. The van der Waals surface area contributed by atoms with Crippen molar-refractivity contribution in [3.8, 4) is 50.5 Å². The van der Waals surface area contributed by atoms with Crippen molar-refractivity contribution in [3.63, 3.8) is 0 Å². The van der Waals surface area contributed by atoms with Crippen molar-refractivity contribution in [2.24, 2.45) is 0 Å². The molecule has 8 aromatic carbocycles. The first-order valence-electron chi connectivity index (χ1n) is 20.3. The minimum atomic E-state index is -0.483. The number of fused-ring (bicyclic) bond motifs is 3. The number of imidazole rings is 1. The minimum absolute atomic E-state index is 0.0127. The third-order valence-electron chi connectivity index (χ3n) is 8.60. The van der Waals surface area contributed by atoms with E-state index >= 15 is 0 Å². The van der Waals surface area contributed by atoms with Crippen LogP contribution in [0.5, 0.6) is 0 Å². The molecule has 1 heterocycles. The number of benzene rings is 8. The van der Waals surface area contributed by atoms with Gasteiger partial charge in [-0.2, -0.15) is 0 Å². The molecule has 0 saturated carbocycles. The Bertz CT molecular complexity index is 3040. The lowest BCUT2D eigenvalue weighted by molar-refractivity contribution is 1.10. The number of aromatic nitrogens is 2. The molecule has 0 unspecified atom stereocenters. The van der Waals surface area contributed by atoms with Crippen molar-refractivity contribution in [3.05, 3.63) is 182 Å². The molecule has 0 N–H and O–H groups in total. The molecule has 2 nitrogen and oxygen atoms in total. The third kappa shape index (κ3) is 4.46. The Kier molecular flexibility index (Phi) is 4.48. The molecule has 2 heteroatoms. The Labute approximate surface area is 287 Å². The van der Waals surface area contributed by atoms with Crippen molar-refractivity contribution in [2.45, 2.75) is 0 Å². The van der Waals surface area contributed by atoms with Crippen LogP contribution < -0.4 is 0 Å². The minimum Gasteiger partial charge on any atom is -0.292 e. The van der Waals surface area contributed by atoms with Gasteiger partial charge in [-0.05, 0) is 67.6 Å². The lowest BCUT2D eigenvalue weighted by atomic mass is 9.83. The van der Waals surface area contributed by atoms with Gasteiger partial charge in [0.15, 0.2) is 0 Å². The van der Waals surface area contributed by atoms with Gasteiger partial charge in [0, 0.05) is 11.1 Å². The maximum atomic E-state index is 8.90. The summed E-state index contributed by atoms with van der Waals surface area (Å²) in [6.45, 7) is 0. The maximum absolute atomic E-state index is 8.90. The molecule has 47 heavy (non-hydrogen) atoms. The van der Waals surface area contributed by atoms with Crippen LogP contribution in [0.25, 0.3) is 83.0 Å². The lowest BCUT2D eigenvalue weighted by Gasteiger charge is -2.21. The number of hydrogen-bond acceptors (Lipinski definition) is 1. The van der Waals surface area contributed by atoms with E-state index in [-0.39, 0.29) is 41.1 Å². The Morgan fingerprint density at radius 2 is 0.894 bits per heavy atom. The van der Waals surface area contributed by atoms with Gasteiger partial charge in [0.2, 0.25) is 0 Å². The van der Waals surface area contributed by atoms with Crippen molar-refractivity contribution in [1.29, 1.82) is 0 Å². The van der Waals surface area contributed by atoms with E-state index in [0.717, 1.165) is 38.2 Å². The fourth-order valence-electron chi connectivity index (χ4n) is 6.69. The van der Waals surface area contributed by atoms with Gasteiger partial charge in [-0.15, -0.1) is 0 Å². The summed E-state index contributed by atoms with van der Waals surface area (Å²) in [6.07, 6.45) is 0. The SMILES string of the molecule is [2H]c1c([2H])c([2H])c(-c2ccccc2-c2c3ccccc3c(-c3ccccc3-n3c(-c4c([2H])c([2H])c([2H])c([2H])c4[2H])nc4ccccc43)c3ccccc23)c([2H])c1[2H]. The van der Waals surface area contributed by atoms with Crippen LogP contribution in [0.4, 0.5) is 0 Å². The molecule has 0 aliphatic heterocycles. The van der Waals surface area contributed by atoms with E-state index in [2.05, 4.69) is 0 Å². The van der Waals surface area contributed by atoms with Crippen LogP contribution in [0.3, 0.4) is 0 Å². The van der Waals surface area contributed by atoms with Gasteiger partial charge in [-0.25, -0.2) is 4.98 Å². The van der Waals surface area contributed by atoms with Gasteiger partial charge in [-0.1, -0.05) is 164 Å². The highest BCUT2D eigenvalue weighted by Gasteiger charge is 2.22. The van der Waals surface area contributed by atoms with Gasteiger partial charge in [0.1, 0.15) is 5.82 Å². The highest BCUT2D eigenvalue weighted by Crippen LogP contribution is 2.47. The molecule has 0 saturated heterocycles. The fourth-order valence-corrected chi connectivity index (χ4v) is 6.69. The fraction of sp³-hybridized carbons (Fsp3) is 0. The summed E-state index contributed by atoms with van der Waals surface area (Å²) in [4.78, 5) is 4.90. The summed E-state index contributed by atoms with van der Waals surface area (Å²) in [6, 6.07) is 34.6. The average molecular weight is 609 g/mol. The van der Waals surface area contributed by atoms with Crippen LogP contribution in [0.15, 0.2) is 182 Å². The smallest absolute Gasteiger partial charge is 0.145 e. The molecule has 220 valence electrons. The third-order valence-corrected chi connectivity index (χ3v) is 8.60. The monoisotopic (exact) mass is 608 g/mol. The lowest BCUT2D eigenvalue weighted by Crippen LogP contribution is -2.01. The number of nitrogens with zero attached hydrogens (tertiary/aromatic N) is 2. The number of rotatable bonds is 5. The van der Waals surface area contributed by atoms with Crippen molar-refractivity contribution in [2.75, 3.05) is 0 Å². The van der Waals surface area contributed by atoms with Gasteiger partial charge in [0.05, 0.1) is 30.4 Å². The van der Waals surface area contributed by atoms with Gasteiger partial charge in [-0.3, -0.25) is 4.57 Å². The van der Waals surface area contributed by atoms with Crippen LogP contribution in [0, 0.1) is 0 Å². The second-order valence-corrected chi connectivity index (χ2v) is 11.2. The standard InChI is InChI=1S/C45H30N2/c1-3-17-31(18-4-1)33-21-7-8-22-34(33)43-35-23-9-11-25-37(35)44(38-26-12-10-24-36(38)43)39-27-13-15-29-41(39)47-42-30-16-14-28-40(42)46-45(47)32-19-5-2-6-20-32/h1-30H/i1D,2D,3D,4D,5D,6D,17D,18D,19D,20D. The molecule has 0 amide bonds.